The monoisotopic (exact) mass is 262 g/mol. The molecule has 0 atom stereocenters. The number of hydrogen-bond acceptors (Lipinski definition) is 3. The molecular weight excluding hydrogens is 236 g/mol. The van der Waals surface area contributed by atoms with Gasteiger partial charge in [-0.3, -0.25) is 4.90 Å². The number of nitrogens with zero attached hydrogens (tertiary/aromatic N) is 2. The molecule has 0 aromatic heterocycles. The minimum atomic E-state index is -0.768. The van der Waals surface area contributed by atoms with Crippen LogP contribution in [0.5, 0.6) is 0 Å². The summed E-state index contributed by atoms with van der Waals surface area (Å²) in [7, 11) is 0. The van der Waals surface area contributed by atoms with Crippen molar-refractivity contribution in [3.63, 3.8) is 0 Å². The van der Waals surface area contributed by atoms with Gasteiger partial charge < -0.3 is 10.0 Å². The maximum atomic E-state index is 10.1. The molecule has 19 heavy (non-hydrogen) atoms. The third-order valence-electron chi connectivity index (χ3n) is 3.96. The van der Waals surface area contributed by atoms with E-state index in [0.29, 0.717) is 6.04 Å². The summed E-state index contributed by atoms with van der Waals surface area (Å²) in [5.41, 5.74) is 1.44. The van der Waals surface area contributed by atoms with E-state index in [2.05, 4.69) is 35.8 Å². The van der Waals surface area contributed by atoms with Crippen molar-refractivity contribution >= 4 is 5.69 Å². The molecule has 0 saturated carbocycles. The first-order valence-corrected chi connectivity index (χ1v) is 7.20. The predicted molar refractivity (Wildman–Crippen MR) is 80.6 cm³/mol. The van der Waals surface area contributed by atoms with Crippen molar-refractivity contribution in [1.82, 2.24) is 4.90 Å². The van der Waals surface area contributed by atoms with Gasteiger partial charge in [-0.1, -0.05) is 12.1 Å². The second-order valence-corrected chi connectivity index (χ2v) is 6.23. The highest BCUT2D eigenvalue weighted by atomic mass is 16.3. The van der Waals surface area contributed by atoms with Gasteiger partial charge >= 0.3 is 0 Å². The molecule has 0 spiro atoms. The van der Waals surface area contributed by atoms with E-state index in [-0.39, 0.29) is 0 Å². The molecule has 3 heteroatoms. The molecule has 1 N–H and O–H groups in total. The Morgan fingerprint density at radius 1 is 1.11 bits per heavy atom. The Labute approximate surface area is 116 Å². The average molecular weight is 262 g/mol. The fourth-order valence-corrected chi connectivity index (χ4v) is 2.58. The second kappa shape index (κ2) is 5.51. The summed E-state index contributed by atoms with van der Waals surface area (Å²) in [5, 5.41) is 10.1. The lowest BCUT2D eigenvalue weighted by atomic mass is 9.98. The number of benzene rings is 1. The van der Waals surface area contributed by atoms with Gasteiger partial charge in [0.05, 0.1) is 5.60 Å². The Hall–Kier alpha value is -1.06. The van der Waals surface area contributed by atoms with Crippen molar-refractivity contribution in [3.8, 4) is 0 Å². The maximum absolute atomic E-state index is 10.1. The fourth-order valence-electron chi connectivity index (χ4n) is 2.58. The quantitative estimate of drug-likeness (QED) is 0.906. The first-order chi connectivity index (χ1) is 8.88. The van der Waals surface area contributed by atoms with Crippen LogP contribution in [-0.2, 0) is 5.60 Å². The van der Waals surface area contributed by atoms with E-state index < -0.39 is 5.60 Å². The highest BCUT2D eigenvalue weighted by Crippen LogP contribution is 2.25. The van der Waals surface area contributed by atoms with Crippen LogP contribution in [0.2, 0.25) is 0 Å². The zero-order valence-electron chi connectivity index (χ0n) is 12.6. The summed E-state index contributed by atoms with van der Waals surface area (Å²) in [6.07, 6.45) is 0. The number of rotatable bonds is 3. The topological polar surface area (TPSA) is 26.7 Å². The third kappa shape index (κ3) is 3.48. The van der Waals surface area contributed by atoms with Crippen LogP contribution in [0, 0.1) is 0 Å². The zero-order valence-corrected chi connectivity index (χ0v) is 12.6. The minimum absolute atomic E-state index is 0.629. The molecule has 0 bridgehead atoms. The smallest absolute Gasteiger partial charge is 0.0841 e. The summed E-state index contributed by atoms with van der Waals surface area (Å²) in [6.45, 7) is 12.5. The molecule has 1 aromatic rings. The third-order valence-corrected chi connectivity index (χ3v) is 3.96. The molecule has 1 aliphatic rings. The molecule has 0 radical (unpaired) electrons. The molecule has 3 nitrogen and oxygen atoms in total. The van der Waals surface area contributed by atoms with Gasteiger partial charge in [-0.2, -0.15) is 0 Å². The first kappa shape index (κ1) is 14.4. The van der Waals surface area contributed by atoms with Gasteiger partial charge in [-0.15, -0.1) is 0 Å². The Balaban J connectivity index is 2.08. The first-order valence-electron chi connectivity index (χ1n) is 7.20. The van der Waals surface area contributed by atoms with Crippen LogP contribution in [0.25, 0.3) is 0 Å². The van der Waals surface area contributed by atoms with Gasteiger partial charge in [0.25, 0.3) is 0 Å². The van der Waals surface area contributed by atoms with Gasteiger partial charge in [0, 0.05) is 37.9 Å². The molecule has 1 saturated heterocycles. The van der Waals surface area contributed by atoms with Crippen molar-refractivity contribution in [3.05, 3.63) is 29.8 Å². The summed E-state index contributed by atoms with van der Waals surface area (Å²) in [5.74, 6) is 0. The van der Waals surface area contributed by atoms with Crippen LogP contribution in [0.15, 0.2) is 24.3 Å². The van der Waals surface area contributed by atoms with Gasteiger partial charge in [0.1, 0.15) is 0 Å². The SMILES string of the molecule is CC(C)N1CCN(c2cccc(C(C)(C)O)c2)CC1. The molecule has 0 aliphatic carbocycles. The van der Waals surface area contributed by atoms with Crippen molar-refractivity contribution in [2.24, 2.45) is 0 Å². The van der Waals surface area contributed by atoms with E-state index in [1.54, 1.807) is 0 Å². The van der Waals surface area contributed by atoms with E-state index in [1.807, 2.05) is 26.0 Å². The van der Waals surface area contributed by atoms with Crippen molar-refractivity contribution in [2.75, 3.05) is 31.1 Å². The van der Waals surface area contributed by atoms with Crippen LogP contribution >= 0.6 is 0 Å². The van der Waals surface area contributed by atoms with Crippen LogP contribution < -0.4 is 4.90 Å². The summed E-state index contributed by atoms with van der Waals surface area (Å²) in [6, 6.07) is 8.92. The maximum Gasteiger partial charge on any atom is 0.0841 e. The van der Waals surface area contributed by atoms with Crippen LogP contribution in [0.3, 0.4) is 0 Å². The zero-order chi connectivity index (χ0) is 14.0. The van der Waals surface area contributed by atoms with E-state index in [1.165, 1.54) is 5.69 Å². The molecule has 1 aliphatic heterocycles. The number of anilines is 1. The van der Waals surface area contributed by atoms with Crippen molar-refractivity contribution < 1.29 is 5.11 Å². The number of hydrogen-bond donors (Lipinski definition) is 1. The summed E-state index contributed by atoms with van der Waals surface area (Å²) >= 11 is 0. The van der Waals surface area contributed by atoms with E-state index in [4.69, 9.17) is 0 Å². The standard InChI is InChI=1S/C16H26N2O/c1-13(2)17-8-10-18(11-9-17)15-7-5-6-14(12-15)16(3,4)19/h5-7,12-13,19H,8-11H2,1-4H3. The lowest BCUT2D eigenvalue weighted by molar-refractivity contribution is 0.0786. The fraction of sp³-hybridized carbons (Fsp3) is 0.625. The van der Waals surface area contributed by atoms with Crippen LogP contribution in [0.4, 0.5) is 5.69 Å². The Bertz CT molecular complexity index is 415. The normalized spacial score (nSPS) is 18.1. The highest BCUT2D eigenvalue weighted by Gasteiger charge is 2.21. The lowest BCUT2D eigenvalue weighted by Gasteiger charge is -2.38. The van der Waals surface area contributed by atoms with E-state index in [0.717, 1.165) is 31.7 Å². The number of piperazine rings is 1. The molecule has 2 rings (SSSR count). The Morgan fingerprint density at radius 3 is 2.26 bits per heavy atom. The Kier molecular flexibility index (Phi) is 4.16. The summed E-state index contributed by atoms with van der Waals surface area (Å²) < 4.78 is 0. The average Bonchev–Trinajstić information content (AvgIpc) is 2.38. The molecule has 0 unspecified atom stereocenters. The lowest BCUT2D eigenvalue weighted by Crippen LogP contribution is -2.48. The van der Waals surface area contributed by atoms with Gasteiger partial charge in [-0.05, 0) is 45.4 Å². The predicted octanol–water partition coefficient (Wildman–Crippen LogP) is 2.44. The highest BCUT2D eigenvalue weighted by molar-refractivity contribution is 5.50. The largest absolute Gasteiger partial charge is 0.386 e. The van der Waals surface area contributed by atoms with Crippen LogP contribution in [-0.4, -0.2) is 42.2 Å². The van der Waals surface area contributed by atoms with E-state index >= 15 is 0 Å². The van der Waals surface area contributed by atoms with Gasteiger partial charge in [0.15, 0.2) is 0 Å². The number of aliphatic hydroxyl groups is 1. The molecule has 1 fully saturated rings. The molecule has 0 amide bonds. The molecular formula is C16H26N2O. The van der Waals surface area contributed by atoms with Crippen molar-refractivity contribution in [1.29, 1.82) is 0 Å². The molecule has 1 aromatic carbocycles. The molecule has 106 valence electrons. The van der Waals surface area contributed by atoms with Crippen molar-refractivity contribution in [2.45, 2.75) is 39.3 Å². The molecule has 1 heterocycles. The van der Waals surface area contributed by atoms with Crippen LogP contribution in [0.1, 0.15) is 33.3 Å². The van der Waals surface area contributed by atoms with Gasteiger partial charge in [0.2, 0.25) is 0 Å². The second-order valence-electron chi connectivity index (χ2n) is 6.23. The van der Waals surface area contributed by atoms with E-state index in [9.17, 15) is 5.11 Å². The summed E-state index contributed by atoms with van der Waals surface area (Å²) in [4.78, 5) is 4.92. The van der Waals surface area contributed by atoms with Gasteiger partial charge in [-0.25, -0.2) is 0 Å². The minimum Gasteiger partial charge on any atom is -0.386 e. The Morgan fingerprint density at radius 2 is 1.74 bits per heavy atom.